The van der Waals surface area contributed by atoms with Gasteiger partial charge in [-0.25, -0.2) is 0 Å². The standard InChI is InChI=1S/C20H28O3/c1-13(2)15-5-6-18(3)8-9-19-16(17(15)18)12-14-4-7-20(19,23-14)22-11-10-21-19/h8-9,12-15,17H,4-7,10-11H2,1-3H3/t14-,15+,17-,18+,19-,20+/m0/s1. The number of allylic oxidation sites excluding steroid dienone is 1. The maximum Gasteiger partial charge on any atom is 0.206 e. The van der Waals surface area contributed by atoms with E-state index in [1.807, 2.05) is 0 Å². The van der Waals surface area contributed by atoms with E-state index in [2.05, 4.69) is 39.0 Å². The minimum absolute atomic E-state index is 0.212. The highest BCUT2D eigenvalue weighted by Crippen LogP contribution is 2.64. The highest BCUT2D eigenvalue weighted by atomic mass is 16.7. The average Bonchev–Trinajstić information content (AvgIpc) is 3.05. The van der Waals surface area contributed by atoms with Gasteiger partial charge in [0, 0.05) is 6.42 Å². The van der Waals surface area contributed by atoms with E-state index in [0.29, 0.717) is 25.0 Å². The second-order valence-corrected chi connectivity index (χ2v) is 8.77. The molecule has 3 aliphatic heterocycles. The molecule has 1 saturated carbocycles. The molecule has 3 heterocycles. The molecule has 0 aromatic rings. The molecule has 0 unspecified atom stereocenters. The molecule has 0 radical (unpaired) electrons. The fraction of sp³-hybridized carbons (Fsp3) is 0.800. The fourth-order valence-corrected chi connectivity index (χ4v) is 6.14. The molecular weight excluding hydrogens is 288 g/mol. The lowest BCUT2D eigenvalue weighted by molar-refractivity contribution is -0.339. The number of rotatable bonds is 1. The molecule has 3 nitrogen and oxygen atoms in total. The Morgan fingerprint density at radius 3 is 2.74 bits per heavy atom. The Hall–Kier alpha value is -0.640. The quantitative estimate of drug-likeness (QED) is 0.688. The first kappa shape index (κ1) is 14.7. The first-order valence-corrected chi connectivity index (χ1v) is 9.38. The van der Waals surface area contributed by atoms with Gasteiger partial charge >= 0.3 is 0 Å². The summed E-state index contributed by atoms with van der Waals surface area (Å²) in [6, 6.07) is 0. The van der Waals surface area contributed by atoms with Gasteiger partial charge < -0.3 is 14.2 Å². The van der Waals surface area contributed by atoms with Gasteiger partial charge in [-0.2, -0.15) is 0 Å². The Kier molecular flexibility index (Phi) is 2.87. The summed E-state index contributed by atoms with van der Waals surface area (Å²) in [5.41, 5.74) is 1.28. The van der Waals surface area contributed by atoms with Crippen LogP contribution in [0.2, 0.25) is 0 Å². The Balaban J connectivity index is 1.70. The molecule has 126 valence electrons. The van der Waals surface area contributed by atoms with Crippen molar-refractivity contribution in [1.82, 2.24) is 0 Å². The van der Waals surface area contributed by atoms with E-state index >= 15 is 0 Å². The summed E-state index contributed by atoms with van der Waals surface area (Å²) in [5.74, 6) is 1.43. The molecule has 2 bridgehead atoms. The number of hydrogen-bond donors (Lipinski definition) is 0. The number of hydrogen-bond acceptors (Lipinski definition) is 3. The van der Waals surface area contributed by atoms with E-state index in [4.69, 9.17) is 14.2 Å². The molecule has 0 N–H and O–H groups in total. The van der Waals surface area contributed by atoms with Gasteiger partial charge in [-0.05, 0) is 54.1 Å². The zero-order chi connectivity index (χ0) is 15.9. The van der Waals surface area contributed by atoms with Crippen molar-refractivity contribution in [3.8, 4) is 0 Å². The van der Waals surface area contributed by atoms with E-state index in [-0.39, 0.29) is 11.5 Å². The van der Waals surface area contributed by atoms with Gasteiger partial charge in [0.15, 0.2) is 5.60 Å². The lowest BCUT2D eigenvalue weighted by atomic mass is 9.60. The van der Waals surface area contributed by atoms with Crippen LogP contribution in [-0.4, -0.2) is 30.7 Å². The molecule has 6 atom stereocenters. The van der Waals surface area contributed by atoms with Crippen LogP contribution in [0.25, 0.3) is 0 Å². The predicted octanol–water partition coefficient (Wildman–Crippen LogP) is 3.85. The monoisotopic (exact) mass is 316 g/mol. The predicted molar refractivity (Wildman–Crippen MR) is 87.9 cm³/mol. The molecule has 2 aliphatic carbocycles. The Morgan fingerprint density at radius 1 is 1.09 bits per heavy atom. The van der Waals surface area contributed by atoms with Gasteiger partial charge in [-0.3, -0.25) is 0 Å². The van der Waals surface area contributed by atoms with Crippen LogP contribution in [0, 0.1) is 23.2 Å². The largest absolute Gasteiger partial charge is 0.358 e. The lowest BCUT2D eigenvalue weighted by Gasteiger charge is -2.57. The van der Waals surface area contributed by atoms with E-state index < -0.39 is 11.4 Å². The SMILES string of the molecule is CC(C)[C@H]1CC[C@]2(C)C=C[C@@]34OCCO[C@@]35CC[C@@H](C=C4[C@H]12)O5. The summed E-state index contributed by atoms with van der Waals surface area (Å²) in [4.78, 5) is 0. The van der Waals surface area contributed by atoms with Gasteiger partial charge in [0.05, 0.1) is 19.3 Å². The Labute approximate surface area is 139 Å². The summed E-state index contributed by atoms with van der Waals surface area (Å²) in [6.07, 6.45) is 12.0. The Morgan fingerprint density at radius 2 is 1.91 bits per heavy atom. The van der Waals surface area contributed by atoms with Crippen molar-refractivity contribution in [3.05, 3.63) is 23.8 Å². The molecule has 3 heteroatoms. The van der Waals surface area contributed by atoms with E-state index in [9.17, 15) is 0 Å². The third-order valence-corrected chi connectivity index (χ3v) is 7.25. The molecule has 5 rings (SSSR count). The summed E-state index contributed by atoms with van der Waals surface area (Å²) >= 11 is 0. The van der Waals surface area contributed by atoms with Crippen LogP contribution in [0.4, 0.5) is 0 Å². The maximum absolute atomic E-state index is 6.47. The highest BCUT2D eigenvalue weighted by molar-refractivity contribution is 5.45. The van der Waals surface area contributed by atoms with Crippen molar-refractivity contribution < 1.29 is 14.2 Å². The van der Waals surface area contributed by atoms with Crippen molar-refractivity contribution in [2.24, 2.45) is 23.2 Å². The molecule has 0 amide bonds. The van der Waals surface area contributed by atoms with Crippen LogP contribution in [0.1, 0.15) is 46.5 Å². The van der Waals surface area contributed by atoms with Crippen LogP contribution in [0.3, 0.4) is 0 Å². The molecular formula is C20H28O3. The molecule has 5 aliphatic rings. The summed E-state index contributed by atoms with van der Waals surface area (Å²) in [5, 5.41) is 0. The van der Waals surface area contributed by atoms with E-state index in [1.54, 1.807) is 0 Å². The lowest BCUT2D eigenvalue weighted by Crippen LogP contribution is -2.65. The smallest absolute Gasteiger partial charge is 0.206 e. The fourth-order valence-electron chi connectivity index (χ4n) is 6.14. The zero-order valence-electron chi connectivity index (χ0n) is 14.5. The molecule has 2 saturated heterocycles. The summed E-state index contributed by atoms with van der Waals surface area (Å²) < 4.78 is 19.1. The molecule has 3 fully saturated rings. The molecule has 0 aromatic heterocycles. The van der Waals surface area contributed by atoms with Crippen molar-refractivity contribution >= 4 is 0 Å². The van der Waals surface area contributed by atoms with Crippen molar-refractivity contribution in [2.45, 2.75) is 63.9 Å². The van der Waals surface area contributed by atoms with Crippen LogP contribution in [0.15, 0.2) is 23.8 Å². The zero-order valence-corrected chi connectivity index (χ0v) is 14.5. The first-order valence-electron chi connectivity index (χ1n) is 9.38. The number of ether oxygens (including phenoxy) is 3. The van der Waals surface area contributed by atoms with Gasteiger partial charge in [-0.1, -0.05) is 32.9 Å². The second-order valence-electron chi connectivity index (χ2n) is 8.77. The second kappa shape index (κ2) is 4.50. The van der Waals surface area contributed by atoms with E-state index in [0.717, 1.165) is 18.8 Å². The maximum atomic E-state index is 6.47. The third-order valence-electron chi connectivity index (χ3n) is 7.25. The first-order chi connectivity index (χ1) is 11.0. The number of fused-ring (bicyclic) bond motifs is 3. The molecule has 23 heavy (non-hydrogen) atoms. The topological polar surface area (TPSA) is 27.7 Å². The average molecular weight is 316 g/mol. The van der Waals surface area contributed by atoms with Crippen LogP contribution >= 0.6 is 0 Å². The molecule has 0 aromatic carbocycles. The summed E-state index contributed by atoms with van der Waals surface area (Å²) in [6.45, 7) is 8.50. The van der Waals surface area contributed by atoms with Crippen LogP contribution in [0.5, 0.6) is 0 Å². The minimum Gasteiger partial charge on any atom is -0.358 e. The van der Waals surface area contributed by atoms with Crippen molar-refractivity contribution in [2.75, 3.05) is 13.2 Å². The van der Waals surface area contributed by atoms with Crippen molar-refractivity contribution in [1.29, 1.82) is 0 Å². The van der Waals surface area contributed by atoms with E-state index in [1.165, 1.54) is 18.4 Å². The van der Waals surface area contributed by atoms with Crippen LogP contribution in [-0.2, 0) is 14.2 Å². The highest BCUT2D eigenvalue weighted by Gasteiger charge is 2.68. The van der Waals surface area contributed by atoms with Gasteiger partial charge in [-0.15, -0.1) is 0 Å². The normalized spacial score (nSPS) is 53.7. The van der Waals surface area contributed by atoms with Gasteiger partial charge in [0.2, 0.25) is 5.79 Å². The van der Waals surface area contributed by atoms with Gasteiger partial charge in [0.1, 0.15) is 0 Å². The summed E-state index contributed by atoms with van der Waals surface area (Å²) in [7, 11) is 0. The van der Waals surface area contributed by atoms with Crippen molar-refractivity contribution in [3.63, 3.8) is 0 Å². The van der Waals surface area contributed by atoms with Crippen LogP contribution < -0.4 is 0 Å². The Bertz CT molecular complexity index is 594. The minimum atomic E-state index is -0.568. The van der Waals surface area contributed by atoms with Gasteiger partial charge in [0.25, 0.3) is 0 Å². The third kappa shape index (κ3) is 1.66. The molecule has 2 spiro atoms.